The quantitative estimate of drug-likeness (QED) is 0.762. The molecule has 3 rings (SSSR count). The molecule has 7 nitrogen and oxygen atoms in total. The minimum Gasteiger partial charge on any atom is -0.406 e. The number of likely N-dealkylation sites (tertiary alicyclic amines) is 1. The van der Waals surface area contributed by atoms with E-state index in [-0.39, 0.29) is 18.5 Å². The maximum atomic E-state index is 11.9. The lowest BCUT2D eigenvalue weighted by Crippen LogP contribution is -2.39. The summed E-state index contributed by atoms with van der Waals surface area (Å²) in [6.45, 7) is 4.11. The van der Waals surface area contributed by atoms with Crippen LogP contribution >= 0.6 is 0 Å². The Hall–Kier alpha value is -1.70. The predicted octanol–water partition coefficient (Wildman–Crippen LogP) is 0.853. The van der Waals surface area contributed by atoms with E-state index in [0.29, 0.717) is 30.8 Å². The number of aliphatic hydroxyl groups excluding tert-OH is 1. The van der Waals surface area contributed by atoms with Crippen molar-refractivity contribution in [1.82, 2.24) is 14.5 Å². The Bertz CT molecular complexity index is 673. The molecule has 1 N–H and O–H groups in total. The molecule has 126 valence electrons. The predicted molar refractivity (Wildman–Crippen MR) is 85.4 cm³/mol. The van der Waals surface area contributed by atoms with Crippen LogP contribution in [0.2, 0.25) is 0 Å². The van der Waals surface area contributed by atoms with Crippen LogP contribution in [0.5, 0.6) is 0 Å². The fourth-order valence-electron chi connectivity index (χ4n) is 2.95. The third kappa shape index (κ3) is 3.99. The smallest absolute Gasteiger partial charge is 0.406 e. The van der Waals surface area contributed by atoms with E-state index in [9.17, 15) is 4.79 Å². The van der Waals surface area contributed by atoms with Crippen molar-refractivity contribution < 1.29 is 14.3 Å². The number of fused-ring (bicyclic) bond motifs is 1. The summed E-state index contributed by atoms with van der Waals surface area (Å²) in [4.78, 5) is 18.5. The fourth-order valence-corrected chi connectivity index (χ4v) is 2.95. The summed E-state index contributed by atoms with van der Waals surface area (Å²) < 4.78 is 12.5. The summed E-state index contributed by atoms with van der Waals surface area (Å²) in [6, 6.07) is 3.52. The molecule has 0 spiro atoms. The van der Waals surface area contributed by atoms with Crippen LogP contribution in [0.15, 0.2) is 27.5 Å². The molecule has 1 saturated heterocycles. The fraction of sp³-hybridized carbons (Fsp3) is 0.625. The molecule has 0 aromatic carbocycles. The largest absolute Gasteiger partial charge is 0.421 e. The normalized spacial score (nSPS) is 17.1. The van der Waals surface area contributed by atoms with E-state index in [0.717, 1.165) is 32.5 Å². The molecule has 0 unspecified atom stereocenters. The van der Waals surface area contributed by atoms with Crippen molar-refractivity contribution in [2.45, 2.75) is 31.9 Å². The molecular weight excluding hydrogens is 298 g/mol. The topological polar surface area (TPSA) is 80.7 Å². The van der Waals surface area contributed by atoms with Gasteiger partial charge in [0, 0.05) is 45.6 Å². The first-order valence-electron chi connectivity index (χ1n) is 8.17. The van der Waals surface area contributed by atoms with Crippen LogP contribution in [0.25, 0.3) is 11.2 Å². The van der Waals surface area contributed by atoms with Gasteiger partial charge in [0.2, 0.25) is 0 Å². The minimum absolute atomic E-state index is 0.181. The van der Waals surface area contributed by atoms with Gasteiger partial charge in [0.25, 0.3) is 0 Å². The molecule has 0 amide bonds. The lowest BCUT2D eigenvalue weighted by atomic mass is 10.1. The van der Waals surface area contributed by atoms with E-state index in [2.05, 4.69) is 9.88 Å². The summed E-state index contributed by atoms with van der Waals surface area (Å²) in [6.07, 6.45) is 4.64. The molecule has 2 aromatic rings. The number of piperidine rings is 1. The Morgan fingerprint density at radius 2 is 2.17 bits per heavy atom. The van der Waals surface area contributed by atoms with Gasteiger partial charge in [-0.3, -0.25) is 4.57 Å². The molecule has 3 heterocycles. The highest BCUT2D eigenvalue weighted by molar-refractivity contribution is 5.67. The third-order valence-electron chi connectivity index (χ3n) is 4.25. The van der Waals surface area contributed by atoms with E-state index < -0.39 is 0 Å². The van der Waals surface area contributed by atoms with E-state index in [1.165, 1.54) is 0 Å². The van der Waals surface area contributed by atoms with Crippen LogP contribution in [0.4, 0.5) is 0 Å². The molecule has 1 fully saturated rings. The van der Waals surface area contributed by atoms with Crippen molar-refractivity contribution >= 4 is 11.2 Å². The first-order chi connectivity index (χ1) is 11.3. The summed E-state index contributed by atoms with van der Waals surface area (Å²) in [5, 5.41) is 8.77. The zero-order chi connectivity index (χ0) is 16.1. The zero-order valence-corrected chi connectivity index (χ0v) is 13.2. The third-order valence-corrected chi connectivity index (χ3v) is 4.25. The monoisotopic (exact) mass is 321 g/mol. The molecular formula is C16H23N3O4. The molecule has 0 bridgehead atoms. The van der Waals surface area contributed by atoms with Gasteiger partial charge < -0.3 is 19.2 Å². The number of ether oxygens (including phenoxy) is 1. The summed E-state index contributed by atoms with van der Waals surface area (Å²) >= 11 is 0. The van der Waals surface area contributed by atoms with Gasteiger partial charge in [-0.05, 0) is 31.4 Å². The van der Waals surface area contributed by atoms with Crippen molar-refractivity contribution in [3.8, 4) is 0 Å². The van der Waals surface area contributed by atoms with Gasteiger partial charge in [-0.25, -0.2) is 9.78 Å². The molecule has 2 aromatic heterocycles. The molecule has 1 aliphatic heterocycles. The first-order valence-corrected chi connectivity index (χ1v) is 8.17. The molecule has 0 radical (unpaired) electrons. The SMILES string of the molecule is O=c1oc2cccnc2n1CCN1CCC(OCCCO)CC1. The first kappa shape index (κ1) is 16.2. The van der Waals surface area contributed by atoms with E-state index >= 15 is 0 Å². The highest BCUT2D eigenvalue weighted by atomic mass is 16.5. The number of pyridine rings is 1. The summed E-state index contributed by atoms with van der Waals surface area (Å²) in [7, 11) is 0. The molecule has 1 aliphatic rings. The van der Waals surface area contributed by atoms with Crippen LogP contribution in [-0.4, -0.2) is 58.5 Å². The number of hydrogen-bond acceptors (Lipinski definition) is 6. The molecule has 0 aliphatic carbocycles. The van der Waals surface area contributed by atoms with Crippen LogP contribution in [0, 0.1) is 0 Å². The van der Waals surface area contributed by atoms with Crippen molar-refractivity contribution in [1.29, 1.82) is 0 Å². The molecule has 0 atom stereocenters. The van der Waals surface area contributed by atoms with E-state index in [4.69, 9.17) is 14.3 Å². The van der Waals surface area contributed by atoms with Gasteiger partial charge in [-0.1, -0.05) is 0 Å². The molecule has 7 heteroatoms. The van der Waals surface area contributed by atoms with Gasteiger partial charge >= 0.3 is 5.76 Å². The van der Waals surface area contributed by atoms with Gasteiger partial charge in [0.05, 0.1) is 6.10 Å². The second kappa shape index (κ2) is 7.72. The number of hydrogen-bond donors (Lipinski definition) is 1. The maximum absolute atomic E-state index is 11.9. The average Bonchev–Trinajstić information content (AvgIpc) is 2.90. The summed E-state index contributed by atoms with van der Waals surface area (Å²) in [5.41, 5.74) is 1.15. The lowest BCUT2D eigenvalue weighted by Gasteiger charge is -2.31. The number of aliphatic hydroxyl groups is 1. The highest BCUT2D eigenvalue weighted by Crippen LogP contribution is 2.14. The number of rotatable bonds is 7. The second-order valence-corrected chi connectivity index (χ2v) is 5.83. The van der Waals surface area contributed by atoms with Crippen LogP contribution in [0.1, 0.15) is 19.3 Å². The van der Waals surface area contributed by atoms with Crippen LogP contribution < -0.4 is 5.76 Å². The standard InChI is InChI=1S/C16H23N3O4/c20-11-2-12-22-13-4-7-18(8-5-13)9-10-19-15-14(23-16(19)21)3-1-6-17-15/h1,3,6,13,20H,2,4-5,7-12H2. The van der Waals surface area contributed by atoms with Crippen molar-refractivity contribution in [2.24, 2.45) is 0 Å². The van der Waals surface area contributed by atoms with Crippen molar-refractivity contribution in [2.75, 3.05) is 32.8 Å². The van der Waals surface area contributed by atoms with Crippen molar-refractivity contribution in [3.05, 3.63) is 28.9 Å². The van der Waals surface area contributed by atoms with Gasteiger partial charge in [0.1, 0.15) is 0 Å². The van der Waals surface area contributed by atoms with Crippen LogP contribution in [0.3, 0.4) is 0 Å². The Morgan fingerprint density at radius 3 is 2.96 bits per heavy atom. The van der Waals surface area contributed by atoms with Gasteiger partial charge in [0.15, 0.2) is 11.2 Å². The number of nitrogens with zero attached hydrogens (tertiary/aromatic N) is 3. The lowest BCUT2D eigenvalue weighted by molar-refractivity contribution is 0.00176. The Morgan fingerprint density at radius 1 is 1.35 bits per heavy atom. The van der Waals surface area contributed by atoms with Crippen LogP contribution in [-0.2, 0) is 11.3 Å². The van der Waals surface area contributed by atoms with Crippen molar-refractivity contribution in [3.63, 3.8) is 0 Å². The van der Waals surface area contributed by atoms with Gasteiger partial charge in [-0.2, -0.15) is 0 Å². The minimum atomic E-state index is -0.346. The maximum Gasteiger partial charge on any atom is 0.421 e. The zero-order valence-electron chi connectivity index (χ0n) is 13.2. The van der Waals surface area contributed by atoms with Gasteiger partial charge in [-0.15, -0.1) is 0 Å². The van der Waals surface area contributed by atoms with E-state index in [1.54, 1.807) is 22.9 Å². The number of oxazole rings is 1. The Balaban J connectivity index is 1.50. The molecule has 23 heavy (non-hydrogen) atoms. The summed E-state index contributed by atoms with van der Waals surface area (Å²) in [5.74, 6) is -0.346. The highest BCUT2D eigenvalue weighted by Gasteiger charge is 2.20. The average molecular weight is 321 g/mol. The Labute approximate surface area is 134 Å². The number of aromatic nitrogens is 2. The molecule has 0 saturated carbocycles. The van der Waals surface area contributed by atoms with E-state index in [1.807, 2.05) is 0 Å². The Kier molecular flexibility index (Phi) is 5.43. The second-order valence-electron chi connectivity index (χ2n) is 5.83.